The van der Waals surface area contributed by atoms with Crippen LogP contribution in [0.2, 0.25) is 0 Å². The van der Waals surface area contributed by atoms with Gasteiger partial charge in [-0.25, -0.2) is 15.0 Å². The van der Waals surface area contributed by atoms with Crippen molar-refractivity contribution in [2.45, 2.75) is 6.42 Å². The summed E-state index contributed by atoms with van der Waals surface area (Å²) in [5.41, 5.74) is 5.86. The standard InChI is InChI=1S/C39H25N3O/c1-2-10-26-22-28(19-16-24(26)8-1)37-40-38(29-20-21-31-27(23-29)18-17-25-9-3-4-11-30(25)31)42-39(41-37)33-13-7-15-35-36(33)32-12-5-6-14-34(32)43-35/h1-15,17-24H,16H2. The van der Waals surface area contributed by atoms with Crippen LogP contribution in [0.25, 0.3) is 71.8 Å². The highest BCUT2D eigenvalue weighted by atomic mass is 16.3. The Bertz CT molecular complexity index is 2390. The predicted molar refractivity (Wildman–Crippen MR) is 175 cm³/mol. The molecule has 0 amide bonds. The van der Waals surface area contributed by atoms with Crippen molar-refractivity contribution in [3.8, 4) is 22.8 Å². The maximum absolute atomic E-state index is 6.21. The Morgan fingerprint density at radius 3 is 2.40 bits per heavy atom. The van der Waals surface area contributed by atoms with Gasteiger partial charge in [0.05, 0.1) is 0 Å². The molecule has 4 heteroatoms. The van der Waals surface area contributed by atoms with Crippen molar-refractivity contribution in [1.29, 1.82) is 0 Å². The normalized spacial score (nSPS) is 16.1. The molecule has 4 nitrogen and oxygen atoms in total. The lowest BCUT2D eigenvalue weighted by Crippen LogP contribution is -2.08. The molecule has 2 aromatic heterocycles. The molecule has 0 N–H and O–H groups in total. The van der Waals surface area contributed by atoms with Crippen molar-refractivity contribution in [3.63, 3.8) is 0 Å². The van der Waals surface area contributed by atoms with Gasteiger partial charge in [0.1, 0.15) is 11.2 Å². The molecule has 1 unspecified atom stereocenters. The van der Waals surface area contributed by atoms with Gasteiger partial charge in [0, 0.05) is 33.4 Å². The van der Waals surface area contributed by atoms with E-state index in [1.807, 2.05) is 30.3 Å². The first-order valence-corrected chi connectivity index (χ1v) is 14.6. The number of fused-ring (bicyclic) bond motifs is 7. The number of benzene rings is 5. The van der Waals surface area contributed by atoms with E-state index >= 15 is 0 Å². The highest BCUT2D eigenvalue weighted by Gasteiger charge is 2.21. The van der Waals surface area contributed by atoms with Crippen molar-refractivity contribution in [3.05, 3.63) is 145 Å². The first-order chi connectivity index (χ1) is 21.3. The van der Waals surface area contributed by atoms with Crippen molar-refractivity contribution in [2.24, 2.45) is 5.92 Å². The number of nitrogens with zero attached hydrogens (tertiary/aromatic N) is 3. The molecule has 1 atom stereocenters. The van der Waals surface area contributed by atoms with Gasteiger partial charge in [-0.15, -0.1) is 0 Å². The second-order valence-corrected chi connectivity index (χ2v) is 11.2. The van der Waals surface area contributed by atoms with Gasteiger partial charge in [-0.05, 0) is 57.8 Å². The Morgan fingerprint density at radius 2 is 1.42 bits per heavy atom. The van der Waals surface area contributed by atoms with E-state index < -0.39 is 0 Å². The molecule has 0 spiro atoms. The maximum Gasteiger partial charge on any atom is 0.164 e. The number of aromatic nitrogens is 3. The lowest BCUT2D eigenvalue weighted by molar-refractivity contribution is 0.669. The van der Waals surface area contributed by atoms with Crippen molar-refractivity contribution >= 4 is 49.1 Å². The van der Waals surface area contributed by atoms with Crippen LogP contribution in [-0.4, -0.2) is 15.0 Å². The Labute approximate surface area is 248 Å². The molecule has 2 aliphatic rings. The first kappa shape index (κ1) is 24.0. The first-order valence-electron chi connectivity index (χ1n) is 14.6. The predicted octanol–water partition coefficient (Wildman–Crippen LogP) is 9.87. The molecule has 0 saturated carbocycles. The molecule has 0 bridgehead atoms. The van der Waals surface area contributed by atoms with Gasteiger partial charge in [0.15, 0.2) is 17.5 Å². The smallest absolute Gasteiger partial charge is 0.164 e. The molecule has 43 heavy (non-hydrogen) atoms. The van der Waals surface area contributed by atoms with Crippen LogP contribution in [0.5, 0.6) is 0 Å². The summed E-state index contributed by atoms with van der Waals surface area (Å²) in [6, 6.07) is 33.6. The number of furan rings is 1. The molecular weight excluding hydrogens is 526 g/mol. The molecule has 0 fully saturated rings. The Balaban J connectivity index is 1.27. The van der Waals surface area contributed by atoms with E-state index in [4.69, 9.17) is 19.4 Å². The lowest BCUT2D eigenvalue weighted by Gasteiger charge is -2.20. The van der Waals surface area contributed by atoms with Gasteiger partial charge in [-0.3, -0.25) is 0 Å². The second kappa shape index (κ2) is 9.47. The van der Waals surface area contributed by atoms with Crippen LogP contribution in [0.15, 0.2) is 144 Å². The second-order valence-electron chi connectivity index (χ2n) is 11.2. The molecule has 2 heterocycles. The average Bonchev–Trinajstić information content (AvgIpc) is 3.46. The van der Waals surface area contributed by atoms with E-state index in [2.05, 4.69) is 103 Å². The zero-order chi connectivity index (χ0) is 28.3. The van der Waals surface area contributed by atoms with E-state index in [9.17, 15) is 0 Å². The number of rotatable bonds is 3. The molecule has 0 radical (unpaired) electrons. The van der Waals surface area contributed by atoms with E-state index in [0.717, 1.165) is 50.4 Å². The summed E-state index contributed by atoms with van der Waals surface area (Å²) in [4.78, 5) is 15.3. The maximum atomic E-state index is 6.21. The number of para-hydroxylation sites is 1. The van der Waals surface area contributed by atoms with Crippen LogP contribution in [0, 0.1) is 5.92 Å². The Hall–Kier alpha value is -5.61. The third-order valence-electron chi connectivity index (χ3n) is 8.63. The van der Waals surface area contributed by atoms with Crippen LogP contribution in [-0.2, 0) is 0 Å². The molecule has 7 aromatic rings. The zero-order valence-electron chi connectivity index (χ0n) is 23.2. The van der Waals surface area contributed by atoms with E-state index in [1.54, 1.807) is 0 Å². The number of hydrogen-bond donors (Lipinski definition) is 0. The van der Waals surface area contributed by atoms with Gasteiger partial charge < -0.3 is 4.42 Å². The third kappa shape index (κ3) is 3.95. The van der Waals surface area contributed by atoms with Gasteiger partial charge in [0.25, 0.3) is 0 Å². The van der Waals surface area contributed by atoms with E-state index in [1.165, 1.54) is 21.7 Å². The van der Waals surface area contributed by atoms with E-state index in [-0.39, 0.29) is 0 Å². The highest BCUT2D eigenvalue weighted by molar-refractivity contribution is 6.12. The van der Waals surface area contributed by atoms with Crippen molar-refractivity contribution in [1.82, 2.24) is 15.0 Å². The van der Waals surface area contributed by atoms with Gasteiger partial charge in [-0.1, -0.05) is 109 Å². The summed E-state index contributed by atoms with van der Waals surface area (Å²) in [7, 11) is 0. The lowest BCUT2D eigenvalue weighted by atomic mass is 9.85. The summed E-state index contributed by atoms with van der Waals surface area (Å²) < 4.78 is 6.21. The number of allylic oxidation sites excluding steroid dienone is 8. The van der Waals surface area contributed by atoms with Crippen LogP contribution >= 0.6 is 0 Å². The van der Waals surface area contributed by atoms with Crippen LogP contribution < -0.4 is 0 Å². The van der Waals surface area contributed by atoms with Crippen LogP contribution in [0.1, 0.15) is 12.2 Å². The SMILES string of the molecule is C1=CC2=CC(c3nc(-c4ccc5c(ccc6ccccc65)c4)nc(-c4cccc5oc6ccccc6c45)n3)=CCC2C=C1. The van der Waals surface area contributed by atoms with E-state index in [0.29, 0.717) is 23.4 Å². The highest BCUT2D eigenvalue weighted by Crippen LogP contribution is 2.38. The molecular formula is C39H25N3O. The van der Waals surface area contributed by atoms with Gasteiger partial charge >= 0.3 is 0 Å². The summed E-state index contributed by atoms with van der Waals surface area (Å²) in [6.45, 7) is 0. The van der Waals surface area contributed by atoms with Crippen molar-refractivity contribution in [2.75, 3.05) is 0 Å². The monoisotopic (exact) mass is 551 g/mol. The van der Waals surface area contributed by atoms with Crippen LogP contribution in [0.3, 0.4) is 0 Å². The fraction of sp³-hybridized carbons (Fsp3) is 0.0513. The molecule has 0 saturated heterocycles. The van der Waals surface area contributed by atoms with Crippen LogP contribution in [0.4, 0.5) is 0 Å². The summed E-state index contributed by atoms with van der Waals surface area (Å²) in [6.07, 6.45) is 14.1. The molecule has 9 rings (SSSR count). The zero-order valence-corrected chi connectivity index (χ0v) is 23.2. The molecule has 0 aliphatic heterocycles. The minimum absolute atomic E-state index is 0.399. The fourth-order valence-corrected chi connectivity index (χ4v) is 6.49. The fourth-order valence-electron chi connectivity index (χ4n) is 6.49. The number of hydrogen-bond acceptors (Lipinski definition) is 4. The average molecular weight is 552 g/mol. The molecule has 5 aromatic carbocycles. The summed E-state index contributed by atoms with van der Waals surface area (Å²) in [5.74, 6) is 2.37. The minimum atomic E-state index is 0.399. The Morgan fingerprint density at radius 1 is 0.628 bits per heavy atom. The third-order valence-corrected chi connectivity index (χ3v) is 8.63. The Kier molecular flexibility index (Phi) is 5.29. The summed E-state index contributed by atoms with van der Waals surface area (Å²) >= 11 is 0. The molecule has 202 valence electrons. The van der Waals surface area contributed by atoms with Gasteiger partial charge in [-0.2, -0.15) is 0 Å². The van der Waals surface area contributed by atoms with Gasteiger partial charge in [0.2, 0.25) is 0 Å². The largest absolute Gasteiger partial charge is 0.456 e. The quantitative estimate of drug-likeness (QED) is 0.205. The molecule has 2 aliphatic carbocycles. The van der Waals surface area contributed by atoms with Crippen molar-refractivity contribution < 1.29 is 4.42 Å². The minimum Gasteiger partial charge on any atom is -0.456 e. The summed E-state index contributed by atoms with van der Waals surface area (Å²) in [5, 5.41) is 6.91. The topological polar surface area (TPSA) is 51.8 Å².